The maximum absolute atomic E-state index is 12.6. The predicted octanol–water partition coefficient (Wildman–Crippen LogP) is 3.89. The highest BCUT2D eigenvalue weighted by Gasteiger charge is 2.28. The summed E-state index contributed by atoms with van der Waals surface area (Å²) < 4.78 is 43.4. The number of aryl methyl sites for hydroxylation is 1. The summed E-state index contributed by atoms with van der Waals surface area (Å²) >= 11 is 1.09. The van der Waals surface area contributed by atoms with Crippen LogP contribution >= 0.6 is 11.3 Å². The lowest BCUT2D eigenvalue weighted by molar-refractivity contribution is -0.153. The number of hydrogen-bond acceptors (Lipinski definition) is 6. The number of carbonyl (C=O) groups is 1. The molecule has 0 radical (unpaired) electrons. The number of ether oxygens (including phenoxy) is 1. The zero-order valence-corrected chi connectivity index (χ0v) is 16.9. The standard InChI is InChI=1S/C20H15F3N4O3S/c1-11-3-2-4-13-17(11)24-10-27(18(13)29)8-16(28)26-19-25-14-6-5-12(7-15(14)31-19)30-9-20(21,22)23/h2-7,10H,8-9H2,1H3,(H,25,26,28). The van der Waals surface area contributed by atoms with Crippen LogP contribution in [-0.2, 0) is 11.3 Å². The van der Waals surface area contributed by atoms with Crippen molar-refractivity contribution < 1.29 is 22.7 Å². The van der Waals surface area contributed by atoms with Gasteiger partial charge in [0, 0.05) is 0 Å². The third kappa shape index (κ3) is 4.66. The second-order valence-corrected chi connectivity index (χ2v) is 7.78. The molecular weight excluding hydrogens is 433 g/mol. The van der Waals surface area contributed by atoms with Crippen molar-refractivity contribution in [2.45, 2.75) is 19.6 Å². The smallest absolute Gasteiger partial charge is 0.422 e. The molecule has 0 unspecified atom stereocenters. The number of alkyl halides is 3. The van der Waals surface area contributed by atoms with Gasteiger partial charge in [-0.15, -0.1) is 0 Å². The maximum atomic E-state index is 12.6. The van der Waals surface area contributed by atoms with Crippen LogP contribution in [0.15, 0.2) is 47.5 Å². The molecule has 0 spiro atoms. The number of rotatable bonds is 5. The van der Waals surface area contributed by atoms with Crippen molar-refractivity contribution in [1.29, 1.82) is 0 Å². The van der Waals surface area contributed by atoms with Gasteiger partial charge < -0.3 is 10.1 Å². The van der Waals surface area contributed by atoms with Gasteiger partial charge in [-0.1, -0.05) is 23.5 Å². The highest BCUT2D eigenvalue weighted by molar-refractivity contribution is 7.22. The lowest BCUT2D eigenvalue weighted by Gasteiger charge is -2.08. The number of halogens is 3. The maximum Gasteiger partial charge on any atom is 0.422 e. The number of fused-ring (bicyclic) bond motifs is 2. The molecule has 0 bridgehead atoms. The molecule has 0 saturated carbocycles. The lowest BCUT2D eigenvalue weighted by Crippen LogP contribution is -2.28. The first kappa shape index (κ1) is 20.8. The number of nitrogens with zero attached hydrogens (tertiary/aromatic N) is 3. The summed E-state index contributed by atoms with van der Waals surface area (Å²) in [5.74, 6) is -0.432. The lowest BCUT2D eigenvalue weighted by atomic mass is 10.1. The van der Waals surface area contributed by atoms with Gasteiger partial charge in [0.15, 0.2) is 11.7 Å². The molecule has 2 aromatic heterocycles. The molecule has 1 amide bonds. The zero-order chi connectivity index (χ0) is 22.2. The van der Waals surface area contributed by atoms with E-state index in [2.05, 4.69) is 15.3 Å². The fourth-order valence-electron chi connectivity index (χ4n) is 2.98. The number of thiazole rings is 1. The number of amides is 1. The predicted molar refractivity (Wildman–Crippen MR) is 111 cm³/mol. The van der Waals surface area contributed by atoms with Crippen LogP contribution in [0.5, 0.6) is 5.75 Å². The van der Waals surface area contributed by atoms with E-state index in [9.17, 15) is 22.8 Å². The Labute approximate surface area is 177 Å². The van der Waals surface area contributed by atoms with E-state index in [0.717, 1.165) is 16.9 Å². The van der Waals surface area contributed by atoms with Crippen LogP contribution < -0.4 is 15.6 Å². The van der Waals surface area contributed by atoms with Crippen LogP contribution in [0.2, 0.25) is 0 Å². The largest absolute Gasteiger partial charge is 0.484 e. The molecule has 2 aromatic carbocycles. The van der Waals surface area contributed by atoms with Crippen molar-refractivity contribution in [3.05, 3.63) is 58.6 Å². The van der Waals surface area contributed by atoms with Crippen molar-refractivity contribution in [3.8, 4) is 5.75 Å². The Hall–Kier alpha value is -3.47. The Kier molecular flexibility index (Phi) is 5.36. The number of anilines is 1. The number of hydrogen-bond donors (Lipinski definition) is 1. The molecule has 0 fully saturated rings. The third-order valence-electron chi connectivity index (χ3n) is 4.38. The molecule has 0 aliphatic carbocycles. The highest BCUT2D eigenvalue weighted by Crippen LogP contribution is 2.30. The topological polar surface area (TPSA) is 86.1 Å². The number of para-hydroxylation sites is 1. The molecule has 0 aliphatic rings. The van der Waals surface area contributed by atoms with E-state index in [1.807, 2.05) is 13.0 Å². The minimum atomic E-state index is -4.43. The van der Waals surface area contributed by atoms with Crippen LogP contribution in [0, 0.1) is 6.92 Å². The molecule has 160 valence electrons. The van der Waals surface area contributed by atoms with Gasteiger partial charge in [-0.3, -0.25) is 14.2 Å². The Morgan fingerprint density at radius 1 is 1.26 bits per heavy atom. The third-order valence-corrected chi connectivity index (χ3v) is 5.31. The number of nitrogens with one attached hydrogen (secondary N) is 1. The molecule has 4 aromatic rings. The summed E-state index contributed by atoms with van der Waals surface area (Å²) in [7, 11) is 0. The summed E-state index contributed by atoms with van der Waals surface area (Å²) in [5, 5.41) is 3.28. The Morgan fingerprint density at radius 2 is 2.06 bits per heavy atom. The Morgan fingerprint density at radius 3 is 2.84 bits per heavy atom. The first-order valence-corrected chi connectivity index (χ1v) is 9.86. The fourth-order valence-corrected chi connectivity index (χ4v) is 3.89. The molecule has 0 aliphatic heterocycles. The SMILES string of the molecule is Cc1cccc2c(=O)n(CC(=O)Nc3nc4ccc(OCC(F)(F)F)cc4s3)cnc12. The van der Waals surface area contributed by atoms with Crippen molar-refractivity contribution in [2.24, 2.45) is 0 Å². The molecular formula is C20H15F3N4O3S. The molecule has 2 heterocycles. The van der Waals surface area contributed by atoms with Crippen molar-refractivity contribution >= 4 is 43.5 Å². The second kappa shape index (κ2) is 7.99. The second-order valence-electron chi connectivity index (χ2n) is 6.75. The quantitative estimate of drug-likeness (QED) is 0.501. The van der Waals surface area contributed by atoms with Crippen molar-refractivity contribution in [2.75, 3.05) is 11.9 Å². The first-order valence-electron chi connectivity index (χ1n) is 9.04. The highest BCUT2D eigenvalue weighted by atomic mass is 32.1. The van der Waals surface area contributed by atoms with E-state index in [4.69, 9.17) is 4.74 Å². The summed E-state index contributed by atoms with van der Waals surface area (Å²) in [4.78, 5) is 33.5. The molecule has 0 atom stereocenters. The van der Waals surface area contributed by atoms with E-state index in [0.29, 0.717) is 21.1 Å². The number of aromatic nitrogens is 3. The van der Waals surface area contributed by atoms with E-state index < -0.39 is 18.7 Å². The summed E-state index contributed by atoms with van der Waals surface area (Å²) in [6, 6.07) is 9.55. The number of carbonyl (C=O) groups excluding carboxylic acids is 1. The molecule has 11 heteroatoms. The van der Waals surface area contributed by atoms with Gasteiger partial charge in [0.25, 0.3) is 5.56 Å². The molecule has 1 N–H and O–H groups in total. The summed E-state index contributed by atoms with van der Waals surface area (Å²) in [6.45, 7) is 0.194. The van der Waals surface area contributed by atoms with Crippen LogP contribution in [-0.4, -0.2) is 33.2 Å². The minimum Gasteiger partial charge on any atom is -0.484 e. The van der Waals surface area contributed by atoms with Gasteiger partial charge in [-0.05, 0) is 36.8 Å². The van der Waals surface area contributed by atoms with Crippen molar-refractivity contribution in [1.82, 2.24) is 14.5 Å². The Bertz CT molecular complexity index is 1350. The van der Waals surface area contributed by atoms with E-state index in [-0.39, 0.29) is 23.0 Å². The van der Waals surface area contributed by atoms with Gasteiger partial charge in [0.2, 0.25) is 5.91 Å². The van der Waals surface area contributed by atoms with E-state index in [1.54, 1.807) is 12.1 Å². The van der Waals surface area contributed by atoms with Gasteiger partial charge >= 0.3 is 6.18 Å². The monoisotopic (exact) mass is 448 g/mol. The number of benzene rings is 2. The van der Waals surface area contributed by atoms with E-state index >= 15 is 0 Å². The minimum absolute atomic E-state index is 0.0513. The average molecular weight is 448 g/mol. The van der Waals surface area contributed by atoms with Gasteiger partial charge in [0.05, 0.1) is 27.4 Å². The van der Waals surface area contributed by atoms with Gasteiger partial charge in [-0.25, -0.2) is 9.97 Å². The van der Waals surface area contributed by atoms with E-state index in [1.165, 1.54) is 29.1 Å². The zero-order valence-electron chi connectivity index (χ0n) is 16.1. The summed E-state index contributed by atoms with van der Waals surface area (Å²) in [6.07, 6.45) is -3.12. The molecule has 0 saturated heterocycles. The van der Waals surface area contributed by atoms with Gasteiger partial charge in [0.1, 0.15) is 12.3 Å². The Balaban J connectivity index is 1.49. The fraction of sp³-hybridized carbons (Fsp3) is 0.200. The molecule has 4 rings (SSSR count). The first-order chi connectivity index (χ1) is 14.7. The van der Waals surface area contributed by atoms with Crippen LogP contribution in [0.25, 0.3) is 21.1 Å². The molecule has 31 heavy (non-hydrogen) atoms. The molecule has 7 nitrogen and oxygen atoms in total. The average Bonchev–Trinajstić information content (AvgIpc) is 3.10. The summed E-state index contributed by atoms with van der Waals surface area (Å²) in [5.41, 5.74) is 1.61. The van der Waals surface area contributed by atoms with Crippen LogP contribution in [0.3, 0.4) is 0 Å². The van der Waals surface area contributed by atoms with Gasteiger partial charge in [-0.2, -0.15) is 13.2 Å². The van der Waals surface area contributed by atoms with Crippen molar-refractivity contribution in [3.63, 3.8) is 0 Å². The van der Waals surface area contributed by atoms with Crippen LogP contribution in [0.4, 0.5) is 18.3 Å². The van der Waals surface area contributed by atoms with Crippen LogP contribution in [0.1, 0.15) is 5.56 Å². The normalized spacial score (nSPS) is 11.7.